The quantitative estimate of drug-likeness (QED) is 0.865. The molecule has 0 radical (unpaired) electrons. The van der Waals surface area contributed by atoms with Gasteiger partial charge in [-0.15, -0.1) is 0 Å². The Morgan fingerprint density at radius 1 is 1.33 bits per heavy atom. The van der Waals surface area contributed by atoms with Gasteiger partial charge in [-0.05, 0) is 7.05 Å². The zero-order valence-corrected chi connectivity index (χ0v) is 11.5. The molecule has 2 heterocycles. The number of likely N-dealkylation sites (N-methyl/N-ethyl adjacent to an activating group) is 1. The smallest absolute Gasteiger partial charge is 0.356 e. The lowest BCUT2D eigenvalue weighted by Gasteiger charge is -2.32. The van der Waals surface area contributed by atoms with Gasteiger partial charge in [-0.25, -0.2) is 13.6 Å². The van der Waals surface area contributed by atoms with Crippen molar-refractivity contribution in [3.8, 4) is 0 Å². The average Bonchev–Trinajstić information content (AvgIpc) is 2.83. The highest BCUT2D eigenvalue weighted by atomic mass is 19.3. The normalized spacial score (nSPS) is 16.5. The summed E-state index contributed by atoms with van der Waals surface area (Å²) in [5.74, 6) is -1.74. The number of carbonyl (C=O) groups is 2. The lowest BCUT2D eigenvalue weighted by molar-refractivity contribution is -0.133. The molecule has 1 aromatic heterocycles. The molecule has 0 aliphatic carbocycles. The summed E-state index contributed by atoms with van der Waals surface area (Å²) in [7, 11) is 1.93. The van der Waals surface area contributed by atoms with Crippen molar-refractivity contribution in [2.24, 2.45) is 0 Å². The van der Waals surface area contributed by atoms with Crippen LogP contribution >= 0.6 is 0 Å². The molecule has 9 heteroatoms. The van der Waals surface area contributed by atoms with Gasteiger partial charge < -0.3 is 14.9 Å². The number of rotatable bonds is 4. The van der Waals surface area contributed by atoms with Gasteiger partial charge in [-0.2, -0.15) is 5.10 Å². The summed E-state index contributed by atoms with van der Waals surface area (Å²) in [6, 6.07) is 0.796. The van der Waals surface area contributed by atoms with E-state index in [9.17, 15) is 18.4 Å². The average molecular weight is 302 g/mol. The van der Waals surface area contributed by atoms with Crippen LogP contribution in [0.2, 0.25) is 0 Å². The van der Waals surface area contributed by atoms with Crippen molar-refractivity contribution in [2.45, 2.75) is 13.0 Å². The molecule has 1 saturated heterocycles. The van der Waals surface area contributed by atoms with Crippen molar-refractivity contribution in [1.29, 1.82) is 0 Å². The molecule has 1 aliphatic rings. The number of amides is 1. The minimum absolute atomic E-state index is 0.343. The second kappa shape index (κ2) is 6.17. The third kappa shape index (κ3) is 3.54. The zero-order valence-electron chi connectivity index (χ0n) is 11.5. The molecule has 1 aromatic rings. The number of carboxylic acids is 1. The molecule has 7 nitrogen and oxygen atoms in total. The van der Waals surface area contributed by atoms with Crippen molar-refractivity contribution in [3.63, 3.8) is 0 Å². The van der Waals surface area contributed by atoms with Gasteiger partial charge in [0.15, 0.2) is 5.69 Å². The number of aromatic carboxylic acids is 1. The topological polar surface area (TPSA) is 78.7 Å². The number of hydrogen-bond donors (Lipinski definition) is 1. The highest BCUT2D eigenvalue weighted by molar-refractivity contribution is 5.85. The Morgan fingerprint density at radius 2 is 1.95 bits per heavy atom. The Bertz CT molecular complexity index is 539. The number of piperazine rings is 1. The monoisotopic (exact) mass is 302 g/mol. The first-order chi connectivity index (χ1) is 9.88. The van der Waals surface area contributed by atoms with Crippen molar-refractivity contribution in [2.75, 3.05) is 33.2 Å². The molecule has 0 atom stereocenters. The first-order valence-electron chi connectivity index (χ1n) is 6.44. The summed E-state index contributed by atoms with van der Waals surface area (Å²) in [5.41, 5.74) is -1.05. The Labute approximate surface area is 119 Å². The summed E-state index contributed by atoms with van der Waals surface area (Å²) in [6.07, 6.45) is -2.88. The fourth-order valence-corrected chi connectivity index (χ4v) is 2.12. The molecule has 0 unspecified atom stereocenters. The second-order valence-corrected chi connectivity index (χ2v) is 4.90. The van der Waals surface area contributed by atoms with E-state index in [1.807, 2.05) is 7.05 Å². The second-order valence-electron chi connectivity index (χ2n) is 4.90. The van der Waals surface area contributed by atoms with E-state index in [-0.39, 0.29) is 12.5 Å². The number of nitrogens with zero attached hydrogens (tertiary/aromatic N) is 4. The maximum atomic E-state index is 12.9. The van der Waals surface area contributed by atoms with Crippen LogP contribution in [-0.4, -0.2) is 69.8 Å². The van der Waals surface area contributed by atoms with Gasteiger partial charge >= 0.3 is 5.97 Å². The van der Waals surface area contributed by atoms with E-state index >= 15 is 0 Å². The third-order valence-electron chi connectivity index (χ3n) is 3.39. The lowest BCUT2D eigenvalue weighted by atomic mass is 10.3. The summed E-state index contributed by atoms with van der Waals surface area (Å²) in [4.78, 5) is 26.5. The van der Waals surface area contributed by atoms with Crippen LogP contribution < -0.4 is 0 Å². The van der Waals surface area contributed by atoms with Gasteiger partial charge in [0.2, 0.25) is 5.91 Å². The lowest BCUT2D eigenvalue weighted by Crippen LogP contribution is -2.48. The highest BCUT2D eigenvalue weighted by Crippen LogP contribution is 2.20. The minimum atomic E-state index is -2.88. The maximum Gasteiger partial charge on any atom is 0.356 e. The van der Waals surface area contributed by atoms with Crippen LogP contribution in [0, 0.1) is 0 Å². The first-order valence-corrected chi connectivity index (χ1v) is 6.44. The number of aromatic nitrogens is 2. The van der Waals surface area contributed by atoms with Crippen molar-refractivity contribution in [3.05, 3.63) is 17.5 Å². The number of alkyl halides is 2. The standard InChI is InChI=1S/C12H16F2N4O3/c1-16-2-4-17(5-3-16)10(19)7-18-9(11(13)14)6-8(15-18)12(20)21/h6,11H,2-5,7H2,1H3,(H,20,21). The predicted octanol–water partition coefficient (Wildman–Crippen LogP) is 0.293. The van der Waals surface area contributed by atoms with Crippen LogP contribution in [0.5, 0.6) is 0 Å². The SMILES string of the molecule is CN1CCN(C(=O)Cn2nc(C(=O)O)cc2C(F)F)CC1. The summed E-state index contributed by atoms with van der Waals surface area (Å²) >= 11 is 0. The van der Waals surface area contributed by atoms with Crippen LogP contribution in [0.1, 0.15) is 22.6 Å². The fourth-order valence-electron chi connectivity index (χ4n) is 2.12. The number of hydrogen-bond acceptors (Lipinski definition) is 4. The molecular weight excluding hydrogens is 286 g/mol. The minimum Gasteiger partial charge on any atom is -0.476 e. The van der Waals surface area contributed by atoms with E-state index < -0.39 is 23.8 Å². The Morgan fingerprint density at radius 3 is 2.48 bits per heavy atom. The zero-order chi connectivity index (χ0) is 15.6. The molecule has 0 bridgehead atoms. The highest BCUT2D eigenvalue weighted by Gasteiger charge is 2.24. The van der Waals surface area contributed by atoms with Crippen LogP contribution in [0.15, 0.2) is 6.07 Å². The van der Waals surface area contributed by atoms with Gasteiger partial charge in [0.1, 0.15) is 12.2 Å². The van der Waals surface area contributed by atoms with Crippen LogP contribution in [-0.2, 0) is 11.3 Å². The molecule has 116 valence electrons. The molecule has 1 N–H and O–H groups in total. The van der Waals surface area contributed by atoms with Gasteiger partial charge in [-0.1, -0.05) is 0 Å². The molecule has 1 fully saturated rings. The van der Waals surface area contributed by atoms with E-state index in [1.165, 1.54) is 0 Å². The summed E-state index contributed by atoms with van der Waals surface area (Å²) < 4.78 is 26.5. The molecule has 0 aromatic carbocycles. The van der Waals surface area contributed by atoms with Gasteiger partial charge in [-0.3, -0.25) is 9.48 Å². The molecule has 1 aliphatic heterocycles. The largest absolute Gasteiger partial charge is 0.476 e. The number of carbonyl (C=O) groups excluding carboxylic acids is 1. The van der Waals surface area contributed by atoms with Crippen LogP contribution in [0.25, 0.3) is 0 Å². The third-order valence-corrected chi connectivity index (χ3v) is 3.39. The van der Waals surface area contributed by atoms with Gasteiger partial charge in [0, 0.05) is 32.2 Å². The Kier molecular flexibility index (Phi) is 4.51. The summed E-state index contributed by atoms with van der Waals surface area (Å²) in [5, 5.41) is 12.4. The van der Waals surface area contributed by atoms with E-state index in [0.717, 1.165) is 10.7 Å². The molecule has 21 heavy (non-hydrogen) atoms. The number of carboxylic acid groups (broad SMARTS) is 1. The van der Waals surface area contributed by atoms with Crippen LogP contribution in [0.3, 0.4) is 0 Å². The molecule has 0 saturated carbocycles. The van der Waals surface area contributed by atoms with Crippen molar-refractivity contribution < 1.29 is 23.5 Å². The first kappa shape index (κ1) is 15.4. The van der Waals surface area contributed by atoms with Crippen LogP contribution in [0.4, 0.5) is 8.78 Å². The van der Waals surface area contributed by atoms with Gasteiger partial charge in [0.25, 0.3) is 6.43 Å². The van der Waals surface area contributed by atoms with E-state index in [2.05, 4.69) is 10.00 Å². The molecule has 1 amide bonds. The van der Waals surface area contributed by atoms with E-state index in [4.69, 9.17) is 5.11 Å². The summed E-state index contributed by atoms with van der Waals surface area (Å²) in [6.45, 7) is 2.09. The van der Waals surface area contributed by atoms with Crippen molar-refractivity contribution >= 4 is 11.9 Å². The molecule has 0 spiro atoms. The van der Waals surface area contributed by atoms with Gasteiger partial charge in [0.05, 0.1) is 0 Å². The fraction of sp³-hybridized carbons (Fsp3) is 0.583. The molecule has 2 rings (SSSR count). The maximum absolute atomic E-state index is 12.9. The number of halogens is 2. The van der Waals surface area contributed by atoms with Crippen molar-refractivity contribution in [1.82, 2.24) is 19.6 Å². The molecular formula is C12H16F2N4O3. The predicted molar refractivity (Wildman–Crippen MR) is 68.2 cm³/mol. The Hall–Kier alpha value is -2.03. The Balaban J connectivity index is 2.11. The van der Waals surface area contributed by atoms with E-state index in [0.29, 0.717) is 26.2 Å². The van der Waals surface area contributed by atoms with E-state index in [1.54, 1.807) is 4.90 Å².